The Morgan fingerprint density at radius 3 is 2.83 bits per heavy atom. The second kappa shape index (κ2) is 5.74. The Morgan fingerprint density at radius 2 is 2.17 bits per heavy atom. The Labute approximate surface area is 114 Å². The molecule has 1 fully saturated rings. The molecule has 0 aromatic heterocycles. The molecule has 1 aliphatic rings. The van der Waals surface area contributed by atoms with E-state index >= 15 is 0 Å². The van der Waals surface area contributed by atoms with E-state index in [0.29, 0.717) is 5.25 Å². The summed E-state index contributed by atoms with van der Waals surface area (Å²) in [6, 6.07) is 6.03. The van der Waals surface area contributed by atoms with E-state index in [9.17, 15) is 0 Å². The Kier molecular flexibility index (Phi) is 4.27. The van der Waals surface area contributed by atoms with Crippen molar-refractivity contribution >= 4 is 23.1 Å². The average molecular weight is 266 g/mol. The third kappa shape index (κ3) is 3.48. The van der Waals surface area contributed by atoms with Crippen LogP contribution < -0.4 is 15.4 Å². The van der Waals surface area contributed by atoms with E-state index in [2.05, 4.69) is 17.9 Å². The summed E-state index contributed by atoms with van der Waals surface area (Å²) in [5, 5.41) is 0.676. The van der Waals surface area contributed by atoms with E-state index in [1.54, 1.807) is 0 Å². The first kappa shape index (κ1) is 13.4. The molecule has 1 unspecified atom stereocenters. The highest BCUT2D eigenvalue weighted by Crippen LogP contribution is 2.29. The largest absolute Gasteiger partial charge is 0.491 e. The Bertz CT molecular complexity index is 409. The molecule has 0 radical (unpaired) electrons. The second-order valence-corrected chi connectivity index (χ2v) is 6.60. The molecule has 100 valence electrons. The standard InChI is InChI=1S/C14H22N2OS/c1-10(2)17-14-7-12(15)6-13(8-14)16-4-5-18-11(3)9-16/h6-8,10-11H,4-5,9,15H2,1-3H3. The molecular weight excluding hydrogens is 244 g/mol. The molecule has 2 rings (SSSR count). The molecule has 1 heterocycles. The lowest BCUT2D eigenvalue weighted by atomic mass is 10.2. The number of nitrogens with zero attached hydrogens (tertiary/aromatic N) is 1. The van der Waals surface area contributed by atoms with Gasteiger partial charge >= 0.3 is 0 Å². The molecule has 2 N–H and O–H groups in total. The molecule has 18 heavy (non-hydrogen) atoms. The molecular formula is C14H22N2OS. The Morgan fingerprint density at radius 1 is 1.39 bits per heavy atom. The summed E-state index contributed by atoms with van der Waals surface area (Å²) >= 11 is 2.03. The molecule has 3 nitrogen and oxygen atoms in total. The maximum atomic E-state index is 5.96. The highest BCUT2D eigenvalue weighted by molar-refractivity contribution is 8.00. The molecule has 0 bridgehead atoms. The lowest BCUT2D eigenvalue weighted by Gasteiger charge is -2.32. The molecule has 0 spiro atoms. The molecule has 1 aromatic rings. The lowest BCUT2D eigenvalue weighted by Crippen LogP contribution is -2.36. The fraction of sp³-hybridized carbons (Fsp3) is 0.571. The van der Waals surface area contributed by atoms with Crippen molar-refractivity contribution in [3.05, 3.63) is 18.2 Å². The summed E-state index contributed by atoms with van der Waals surface area (Å²) in [6.07, 6.45) is 0.176. The summed E-state index contributed by atoms with van der Waals surface area (Å²) in [4.78, 5) is 2.39. The van der Waals surface area contributed by atoms with Gasteiger partial charge in [-0.3, -0.25) is 0 Å². The SMILES string of the molecule is CC(C)Oc1cc(N)cc(N2CCSC(C)C2)c1. The van der Waals surface area contributed by atoms with Gasteiger partial charge in [-0.05, 0) is 19.9 Å². The number of ether oxygens (including phenoxy) is 1. The molecule has 1 aromatic carbocycles. The summed E-state index contributed by atoms with van der Waals surface area (Å²) in [5.41, 5.74) is 7.92. The minimum absolute atomic E-state index is 0.176. The maximum absolute atomic E-state index is 5.96. The van der Waals surface area contributed by atoms with E-state index in [0.717, 1.165) is 24.5 Å². The van der Waals surface area contributed by atoms with Crippen molar-refractivity contribution in [1.82, 2.24) is 0 Å². The monoisotopic (exact) mass is 266 g/mol. The number of benzene rings is 1. The van der Waals surface area contributed by atoms with Gasteiger partial charge in [0.1, 0.15) is 5.75 Å². The van der Waals surface area contributed by atoms with E-state index in [1.807, 2.05) is 37.7 Å². The van der Waals surface area contributed by atoms with Crippen molar-refractivity contribution in [3.8, 4) is 5.75 Å². The number of anilines is 2. The maximum Gasteiger partial charge on any atom is 0.123 e. The van der Waals surface area contributed by atoms with Crippen LogP contribution in [0.25, 0.3) is 0 Å². The molecule has 4 heteroatoms. The van der Waals surface area contributed by atoms with Crippen LogP contribution in [0.15, 0.2) is 18.2 Å². The lowest BCUT2D eigenvalue weighted by molar-refractivity contribution is 0.242. The van der Waals surface area contributed by atoms with Crippen LogP contribution in [0.4, 0.5) is 11.4 Å². The average Bonchev–Trinajstić information content (AvgIpc) is 2.27. The summed E-state index contributed by atoms with van der Waals surface area (Å²) in [5.74, 6) is 2.04. The first-order valence-electron chi connectivity index (χ1n) is 6.48. The van der Waals surface area contributed by atoms with Gasteiger partial charge in [-0.1, -0.05) is 6.92 Å². The summed E-state index contributed by atoms with van der Waals surface area (Å²) < 4.78 is 5.74. The number of nitrogens with two attached hydrogens (primary N) is 1. The molecule has 1 atom stereocenters. The fourth-order valence-corrected chi connectivity index (χ4v) is 3.20. The summed E-state index contributed by atoms with van der Waals surface area (Å²) in [6.45, 7) is 8.49. The van der Waals surface area contributed by atoms with Crippen molar-refractivity contribution in [2.75, 3.05) is 29.5 Å². The predicted molar refractivity (Wildman–Crippen MR) is 80.8 cm³/mol. The smallest absolute Gasteiger partial charge is 0.123 e. The second-order valence-electron chi connectivity index (χ2n) is 5.05. The van der Waals surface area contributed by atoms with Crippen LogP contribution in [-0.4, -0.2) is 30.2 Å². The Hall–Kier alpha value is -1.03. The van der Waals surface area contributed by atoms with E-state index in [-0.39, 0.29) is 6.10 Å². The fourth-order valence-electron chi connectivity index (χ4n) is 2.18. The number of hydrogen-bond acceptors (Lipinski definition) is 4. The minimum Gasteiger partial charge on any atom is -0.491 e. The van der Waals surface area contributed by atoms with Crippen LogP contribution in [0, 0.1) is 0 Å². The van der Waals surface area contributed by atoms with Crippen molar-refractivity contribution in [3.63, 3.8) is 0 Å². The highest BCUT2D eigenvalue weighted by Gasteiger charge is 2.18. The molecule has 1 aliphatic heterocycles. The van der Waals surface area contributed by atoms with E-state index < -0.39 is 0 Å². The van der Waals surface area contributed by atoms with Gasteiger partial charge in [0.15, 0.2) is 0 Å². The van der Waals surface area contributed by atoms with Gasteiger partial charge in [-0.15, -0.1) is 0 Å². The number of rotatable bonds is 3. The van der Waals surface area contributed by atoms with Crippen molar-refractivity contribution in [1.29, 1.82) is 0 Å². The molecule has 0 amide bonds. The van der Waals surface area contributed by atoms with Crippen LogP contribution >= 0.6 is 11.8 Å². The van der Waals surface area contributed by atoms with Crippen LogP contribution in [0.1, 0.15) is 20.8 Å². The first-order valence-corrected chi connectivity index (χ1v) is 7.53. The van der Waals surface area contributed by atoms with Crippen molar-refractivity contribution in [2.45, 2.75) is 32.1 Å². The summed E-state index contributed by atoms with van der Waals surface area (Å²) in [7, 11) is 0. The number of hydrogen-bond donors (Lipinski definition) is 1. The number of thioether (sulfide) groups is 1. The van der Waals surface area contributed by atoms with Gasteiger partial charge < -0.3 is 15.4 Å². The van der Waals surface area contributed by atoms with Crippen LogP contribution in [0.3, 0.4) is 0 Å². The van der Waals surface area contributed by atoms with Gasteiger partial charge in [-0.25, -0.2) is 0 Å². The van der Waals surface area contributed by atoms with Gasteiger partial charge in [0.25, 0.3) is 0 Å². The zero-order valence-corrected chi connectivity index (χ0v) is 12.2. The van der Waals surface area contributed by atoms with Crippen LogP contribution in [0.5, 0.6) is 5.75 Å². The van der Waals surface area contributed by atoms with Gasteiger partial charge in [-0.2, -0.15) is 11.8 Å². The van der Waals surface area contributed by atoms with Gasteiger partial charge in [0.05, 0.1) is 6.10 Å². The van der Waals surface area contributed by atoms with Crippen molar-refractivity contribution < 1.29 is 4.74 Å². The Balaban J connectivity index is 2.18. The first-order chi connectivity index (χ1) is 8.54. The van der Waals surface area contributed by atoms with Crippen molar-refractivity contribution in [2.24, 2.45) is 0 Å². The highest BCUT2D eigenvalue weighted by atomic mass is 32.2. The van der Waals surface area contributed by atoms with E-state index in [1.165, 1.54) is 11.4 Å². The molecule has 0 aliphatic carbocycles. The van der Waals surface area contributed by atoms with Crippen LogP contribution in [0.2, 0.25) is 0 Å². The zero-order chi connectivity index (χ0) is 13.1. The third-order valence-corrected chi connectivity index (χ3v) is 4.03. The quantitative estimate of drug-likeness (QED) is 0.854. The third-order valence-electron chi connectivity index (χ3n) is 2.89. The zero-order valence-electron chi connectivity index (χ0n) is 11.3. The number of nitrogen functional groups attached to an aromatic ring is 1. The van der Waals surface area contributed by atoms with E-state index in [4.69, 9.17) is 10.5 Å². The topological polar surface area (TPSA) is 38.5 Å². The van der Waals surface area contributed by atoms with Gasteiger partial charge in [0.2, 0.25) is 0 Å². The molecule has 1 saturated heterocycles. The predicted octanol–water partition coefficient (Wildman–Crippen LogP) is 3.00. The van der Waals surface area contributed by atoms with Gasteiger partial charge in [0, 0.05) is 47.6 Å². The molecule has 0 saturated carbocycles. The van der Waals surface area contributed by atoms with Crippen LogP contribution in [-0.2, 0) is 0 Å². The minimum atomic E-state index is 0.176. The normalized spacial score (nSPS) is 20.2.